The lowest BCUT2D eigenvalue weighted by Crippen LogP contribution is -2.23. The van der Waals surface area contributed by atoms with Gasteiger partial charge in [-0.3, -0.25) is 4.98 Å². The molecule has 0 saturated heterocycles. The highest BCUT2D eigenvalue weighted by Gasteiger charge is 2.13. The molecule has 0 saturated carbocycles. The van der Waals surface area contributed by atoms with Gasteiger partial charge in [-0.15, -0.1) is 0 Å². The maximum Gasteiger partial charge on any atom is 0.141 e. The predicted octanol–water partition coefficient (Wildman–Crippen LogP) is 3.31. The van der Waals surface area contributed by atoms with E-state index in [4.69, 9.17) is 0 Å². The summed E-state index contributed by atoms with van der Waals surface area (Å²) in [5, 5.41) is 3.44. The zero-order chi connectivity index (χ0) is 12.0. The van der Waals surface area contributed by atoms with Crippen LogP contribution in [0.4, 0.5) is 4.39 Å². The molecule has 0 spiro atoms. The minimum Gasteiger partial charge on any atom is -0.310 e. The molecule has 1 heterocycles. The van der Waals surface area contributed by atoms with Gasteiger partial charge in [-0.25, -0.2) is 4.39 Å². The Morgan fingerprint density at radius 3 is 2.69 bits per heavy atom. The molecule has 0 amide bonds. The third kappa shape index (κ3) is 4.27. The number of nitrogens with one attached hydrogen (secondary N) is 1. The summed E-state index contributed by atoms with van der Waals surface area (Å²) < 4.78 is 13.1. The Morgan fingerprint density at radius 1 is 1.38 bits per heavy atom. The molecule has 1 aromatic rings. The summed E-state index contributed by atoms with van der Waals surface area (Å²) in [6.45, 7) is 7.43. The fourth-order valence-electron chi connectivity index (χ4n) is 1.75. The van der Waals surface area contributed by atoms with E-state index in [9.17, 15) is 4.39 Å². The van der Waals surface area contributed by atoms with Gasteiger partial charge in [-0.1, -0.05) is 20.8 Å². The molecule has 90 valence electrons. The van der Waals surface area contributed by atoms with Crippen molar-refractivity contribution in [1.29, 1.82) is 0 Å². The summed E-state index contributed by atoms with van der Waals surface area (Å²) in [6.07, 6.45) is 5.08. The van der Waals surface area contributed by atoms with Crippen LogP contribution in [0.15, 0.2) is 18.5 Å². The van der Waals surface area contributed by atoms with Gasteiger partial charge in [0, 0.05) is 12.2 Å². The number of nitrogens with zero attached hydrogens (tertiary/aromatic N) is 1. The van der Waals surface area contributed by atoms with E-state index in [1.807, 2.05) is 0 Å². The quantitative estimate of drug-likeness (QED) is 0.802. The zero-order valence-corrected chi connectivity index (χ0v) is 10.3. The van der Waals surface area contributed by atoms with Crippen molar-refractivity contribution in [2.24, 2.45) is 5.92 Å². The first-order valence-corrected chi connectivity index (χ1v) is 5.97. The van der Waals surface area contributed by atoms with Crippen LogP contribution in [0, 0.1) is 11.7 Å². The number of hydrogen-bond acceptors (Lipinski definition) is 2. The van der Waals surface area contributed by atoms with E-state index >= 15 is 0 Å². The zero-order valence-electron chi connectivity index (χ0n) is 10.3. The number of aromatic nitrogens is 1. The van der Waals surface area contributed by atoms with Crippen LogP contribution >= 0.6 is 0 Å². The second kappa shape index (κ2) is 6.59. The van der Waals surface area contributed by atoms with Gasteiger partial charge in [0.15, 0.2) is 0 Å². The largest absolute Gasteiger partial charge is 0.310 e. The normalized spacial score (nSPS) is 13.1. The molecule has 0 aliphatic carbocycles. The maximum atomic E-state index is 13.1. The van der Waals surface area contributed by atoms with Gasteiger partial charge in [0.1, 0.15) is 5.82 Å². The second-order valence-electron chi connectivity index (χ2n) is 4.57. The molecule has 1 unspecified atom stereocenters. The van der Waals surface area contributed by atoms with Crippen LogP contribution in [0.1, 0.15) is 45.2 Å². The smallest absolute Gasteiger partial charge is 0.141 e. The third-order valence-electron chi connectivity index (χ3n) is 2.48. The Bertz CT molecular complexity index is 313. The summed E-state index contributed by atoms with van der Waals surface area (Å²) in [5.41, 5.74) is 0.946. The lowest BCUT2D eigenvalue weighted by molar-refractivity contribution is 0.427. The minimum atomic E-state index is -0.260. The molecule has 0 aromatic carbocycles. The van der Waals surface area contributed by atoms with Crippen LogP contribution in [0.2, 0.25) is 0 Å². The molecule has 16 heavy (non-hydrogen) atoms. The molecule has 0 aliphatic rings. The Labute approximate surface area is 97.3 Å². The van der Waals surface area contributed by atoms with Crippen LogP contribution in [-0.2, 0) is 0 Å². The lowest BCUT2D eigenvalue weighted by Gasteiger charge is -2.20. The molecule has 0 aliphatic heterocycles. The highest BCUT2D eigenvalue weighted by molar-refractivity contribution is 5.15. The van der Waals surface area contributed by atoms with Crippen molar-refractivity contribution in [3.05, 3.63) is 29.8 Å². The number of hydrogen-bond donors (Lipinski definition) is 1. The minimum absolute atomic E-state index is 0.211. The molecule has 1 N–H and O–H groups in total. The van der Waals surface area contributed by atoms with Crippen molar-refractivity contribution in [2.75, 3.05) is 6.54 Å². The standard InChI is InChI=1S/C13H21FN2/c1-4-5-16-13(6-10(2)3)11-7-12(14)9-15-8-11/h7-10,13,16H,4-6H2,1-3H3. The first-order chi connectivity index (χ1) is 7.63. The highest BCUT2D eigenvalue weighted by atomic mass is 19.1. The van der Waals surface area contributed by atoms with Crippen molar-refractivity contribution in [2.45, 2.75) is 39.7 Å². The summed E-state index contributed by atoms with van der Waals surface area (Å²) in [7, 11) is 0. The van der Waals surface area contributed by atoms with Crippen LogP contribution in [0.3, 0.4) is 0 Å². The second-order valence-corrected chi connectivity index (χ2v) is 4.57. The van der Waals surface area contributed by atoms with Crippen molar-refractivity contribution >= 4 is 0 Å². The molecular formula is C13H21FN2. The first kappa shape index (κ1) is 13.1. The third-order valence-corrected chi connectivity index (χ3v) is 2.48. The van der Waals surface area contributed by atoms with Crippen molar-refractivity contribution < 1.29 is 4.39 Å². The molecule has 2 nitrogen and oxygen atoms in total. The van der Waals surface area contributed by atoms with Gasteiger partial charge < -0.3 is 5.32 Å². The summed E-state index contributed by atoms with van der Waals surface area (Å²) >= 11 is 0. The van der Waals surface area contributed by atoms with Gasteiger partial charge in [-0.05, 0) is 36.9 Å². The number of rotatable bonds is 6. The fourth-order valence-corrected chi connectivity index (χ4v) is 1.75. The molecule has 3 heteroatoms. The number of halogens is 1. The maximum absolute atomic E-state index is 13.1. The monoisotopic (exact) mass is 224 g/mol. The van der Waals surface area contributed by atoms with E-state index in [0.29, 0.717) is 5.92 Å². The van der Waals surface area contributed by atoms with E-state index in [2.05, 4.69) is 31.1 Å². The lowest BCUT2D eigenvalue weighted by atomic mass is 9.98. The van der Waals surface area contributed by atoms with Gasteiger partial charge in [0.05, 0.1) is 6.20 Å². The van der Waals surface area contributed by atoms with Crippen molar-refractivity contribution in [1.82, 2.24) is 10.3 Å². The van der Waals surface area contributed by atoms with Crippen LogP contribution in [-0.4, -0.2) is 11.5 Å². The van der Waals surface area contributed by atoms with Crippen LogP contribution < -0.4 is 5.32 Å². The van der Waals surface area contributed by atoms with E-state index in [0.717, 1.165) is 24.9 Å². The summed E-state index contributed by atoms with van der Waals surface area (Å²) in [5.74, 6) is 0.321. The number of pyridine rings is 1. The Morgan fingerprint density at radius 2 is 2.12 bits per heavy atom. The Hall–Kier alpha value is -0.960. The molecule has 0 bridgehead atoms. The predicted molar refractivity (Wildman–Crippen MR) is 64.7 cm³/mol. The van der Waals surface area contributed by atoms with E-state index < -0.39 is 0 Å². The van der Waals surface area contributed by atoms with Crippen molar-refractivity contribution in [3.63, 3.8) is 0 Å². The molecule has 1 rings (SSSR count). The SMILES string of the molecule is CCCNC(CC(C)C)c1cncc(F)c1. The van der Waals surface area contributed by atoms with Gasteiger partial charge >= 0.3 is 0 Å². The Kier molecular flexibility index (Phi) is 5.39. The Balaban J connectivity index is 2.74. The van der Waals surface area contributed by atoms with E-state index in [1.54, 1.807) is 12.3 Å². The first-order valence-electron chi connectivity index (χ1n) is 5.97. The van der Waals surface area contributed by atoms with Crippen molar-refractivity contribution in [3.8, 4) is 0 Å². The van der Waals surface area contributed by atoms with Gasteiger partial charge in [-0.2, -0.15) is 0 Å². The van der Waals surface area contributed by atoms with Crippen LogP contribution in [0.25, 0.3) is 0 Å². The average Bonchev–Trinajstić information content (AvgIpc) is 2.23. The summed E-state index contributed by atoms with van der Waals surface area (Å²) in [6, 6.07) is 1.78. The average molecular weight is 224 g/mol. The van der Waals surface area contributed by atoms with E-state index in [1.165, 1.54) is 6.20 Å². The van der Waals surface area contributed by atoms with Gasteiger partial charge in [0.25, 0.3) is 0 Å². The topological polar surface area (TPSA) is 24.9 Å². The molecule has 0 fully saturated rings. The highest BCUT2D eigenvalue weighted by Crippen LogP contribution is 2.21. The molecule has 1 atom stereocenters. The summed E-state index contributed by atoms with van der Waals surface area (Å²) in [4.78, 5) is 3.91. The molecular weight excluding hydrogens is 203 g/mol. The van der Waals surface area contributed by atoms with E-state index in [-0.39, 0.29) is 11.9 Å². The van der Waals surface area contributed by atoms with Gasteiger partial charge in [0.2, 0.25) is 0 Å². The fraction of sp³-hybridized carbons (Fsp3) is 0.615. The molecule has 0 radical (unpaired) electrons. The van der Waals surface area contributed by atoms with Crippen LogP contribution in [0.5, 0.6) is 0 Å². The molecule has 1 aromatic heterocycles.